The molecule has 0 aromatic heterocycles. The first-order valence-corrected chi connectivity index (χ1v) is 8.89. The van der Waals surface area contributed by atoms with E-state index in [2.05, 4.69) is 57.7 Å². The maximum atomic E-state index is 12.2. The second-order valence-electron chi connectivity index (χ2n) is 6.26. The van der Waals surface area contributed by atoms with Gasteiger partial charge in [0, 0.05) is 10.4 Å². The molecule has 24 heavy (non-hydrogen) atoms. The Labute approximate surface area is 149 Å². The number of hydrogen-bond donors (Lipinski definition) is 1. The van der Waals surface area contributed by atoms with E-state index in [1.165, 1.54) is 18.2 Å². The number of fused-ring (bicyclic) bond motifs is 3. The molecule has 4 rings (SSSR count). The summed E-state index contributed by atoms with van der Waals surface area (Å²) in [7, 11) is 1.42. The predicted octanol–water partition coefficient (Wildman–Crippen LogP) is 5.06. The van der Waals surface area contributed by atoms with Gasteiger partial charge in [0.25, 0.3) is 0 Å². The number of para-hydroxylation sites is 1. The summed E-state index contributed by atoms with van der Waals surface area (Å²) in [5.41, 5.74) is 3.91. The third-order valence-corrected chi connectivity index (χ3v) is 5.76. The smallest absolute Gasteiger partial charge is 0.339 e. The van der Waals surface area contributed by atoms with Crippen molar-refractivity contribution in [1.29, 1.82) is 0 Å². The van der Waals surface area contributed by atoms with Gasteiger partial charge in [-0.25, -0.2) is 4.79 Å². The van der Waals surface area contributed by atoms with Crippen molar-refractivity contribution in [1.82, 2.24) is 0 Å². The maximum absolute atomic E-state index is 12.2. The summed E-state index contributed by atoms with van der Waals surface area (Å²) in [5, 5.41) is 3.64. The van der Waals surface area contributed by atoms with Crippen LogP contribution in [0, 0.1) is 5.92 Å². The van der Waals surface area contributed by atoms with Crippen LogP contribution in [0.15, 0.2) is 59.1 Å². The van der Waals surface area contributed by atoms with Crippen LogP contribution in [0.1, 0.15) is 39.9 Å². The number of hydrogen-bond acceptors (Lipinski definition) is 3. The van der Waals surface area contributed by atoms with Gasteiger partial charge < -0.3 is 10.1 Å². The van der Waals surface area contributed by atoms with Gasteiger partial charge in [0.1, 0.15) is 0 Å². The normalized spacial score (nSPS) is 24.0. The highest BCUT2D eigenvalue weighted by Crippen LogP contribution is 2.51. The molecule has 1 N–H and O–H groups in total. The van der Waals surface area contributed by atoms with Gasteiger partial charge in [0.15, 0.2) is 0 Å². The molecule has 3 nitrogen and oxygen atoms in total. The number of rotatable bonds is 2. The van der Waals surface area contributed by atoms with Crippen LogP contribution >= 0.6 is 15.9 Å². The SMILES string of the molecule is COC(=O)c1cccc2c1N[C@H](c1ccccc1Br)[C@H]1CC=C[C@@H]21. The quantitative estimate of drug-likeness (QED) is 0.581. The lowest BCUT2D eigenvalue weighted by Crippen LogP contribution is -2.30. The molecule has 0 saturated carbocycles. The van der Waals surface area contributed by atoms with E-state index in [-0.39, 0.29) is 12.0 Å². The van der Waals surface area contributed by atoms with E-state index in [1.807, 2.05) is 18.2 Å². The molecule has 1 aliphatic heterocycles. The van der Waals surface area contributed by atoms with Crippen molar-refractivity contribution in [2.24, 2.45) is 5.92 Å². The van der Waals surface area contributed by atoms with Crippen LogP contribution in [0.3, 0.4) is 0 Å². The summed E-state index contributed by atoms with van der Waals surface area (Å²) in [5.74, 6) is 0.470. The van der Waals surface area contributed by atoms with Crippen molar-refractivity contribution in [3.8, 4) is 0 Å². The number of carbonyl (C=O) groups is 1. The molecule has 0 spiro atoms. The van der Waals surface area contributed by atoms with Crippen molar-refractivity contribution in [2.75, 3.05) is 12.4 Å². The molecule has 4 heteroatoms. The standard InChI is InChI=1S/C20H18BrNO2/c1-24-20(23)16-10-5-9-14-12-7-4-8-13(12)18(22-19(14)16)15-6-2-3-11-17(15)21/h2-7,9-13,18,22H,8H2,1H3/t12-,13+,18+/m1/s1. The molecular weight excluding hydrogens is 366 g/mol. The summed E-state index contributed by atoms with van der Waals surface area (Å²) in [6.45, 7) is 0. The number of esters is 1. The Hall–Kier alpha value is -2.07. The van der Waals surface area contributed by atoms with E-state index in [0.29, 0.717) is 17.4 Å². The molecule has 0 fully saturated rings. The van der Waals surface area contributed by atoms with Gasteiger partial charge >= 0.3 is 5.97 Å². The maximum Gasteiger partial charge on any atom is 0.339 e. The second kappa shape index (κ2) is 6.10. The third kappa shape index (κ3) is 2.37. The van der Waals surface area contributed by atoms with Crippen LogP contribution in [0.2, 0.25) is 0 Å². The number of benzene rings is 2. The van der Waals surface area contributed by atoms with E-state index >= 15 is 0 Å². The zero-order chi connectivity index (χ0) is 16.7. The predicted molar refractivity (Wildman–Crippen MR) is 98.3 cm³/mol. The van der Waals surface area contributed by atoms with Gasteiger partial charge in [-0.3, -0.25) is 0 Å². The molecule has 1 aliphatic carbocycles. The Morgan fingerprint density at radius 1 is 1.17 bits per heavy atom. The highest BCUT2D eigenvalue weighted by atomic mass is 79.9. The van der Waals surface area contributed by atoms with Gasteiger partial charge in [0.2, 0.25) is 0 Å². The third-order valence-electron chi connectivity index (χ3n) is 5.04. The number of carbonyl (C=O) groups excluding carboxylic acids is 1. The number of nitrogens with one attached hydrogen (secondary N) is 1. The van der Waals surface area contributed by atoms with Crippen molar-refractivity contribution >= 4 is 27.6 Å². The van der Waals surface area contributed by atoms with Crippen LogP contribution in [-0.2, 0) is 4.74 Å². The topological polar surface area (TPSA) is 38.3 Å². The fraction of sp³-hybridized carbons (Fsp3) is 0.250. The van der Waals surface area contributed by atoms with E-state index in [4.69, 9.17) is 4.74 Å². The monoisotopic (exact) mass is 383 g/mol. The van der Waals surface area contributed by atoms with Crippen molar-refractivity contribution in [2.45, 2.75) is 18.4 Å². The molecule has 2 aromatic rings. The Morgan fingerprint density at radius 2 is 1.96 bits per heavy atom. The fourth-order valence-corrected chi connectivity index (χ4v) is 4.47. The van der Waals surface area contributed by atoms with E-state index in [9.17, 15) is 4.79 Å². The summed E-state index contributed by atoms with van der Waals surface area (Å²) in [6, 6.07) is 14.3. The average Bonchev–Trinajstić information content (AvgIpc) is 3.10. The fourth-order valence-electron chi connectivity index (χ4n) is 3.94. The molecule has 0 unspecified atom stereocenters. The molecular formula is C20H18BrNO2. The highest BCUT2D eigenvalue weighted by molar-refractivity contribution is 9.10. The largest absolute Gasteiger partial charge is 0.465 e. The molecule has 0 saturated heterocycles. The molecule has 2 aromatic carbocycles. The summed E-state index contributed by atoms with van der Waals surface area (Å²) in [6.07, 6.45) is 5.56. The van der Waals surface area contributed by atoms with Gasteiger partial charge in [-0.05, 0) is 35.6 Å². The Kier molecular flexibility index (Phi) is 3.93. The first kappa shape index (κ1) is 15.5. The lowest BCUT2D eigenvalue weighted by atomic mass is 9.76. The van der Waals surface area contributed by atoms with Gasteiger partial charge in [0.05, 0.1) is 24.4 Å². The lowest BCUT2D eigenvalue weighted by molar-refractivity contribution is 0.0601. The zero-order valence-corrected chi connectivity index (χ0v) is 14.9. The molecule has 0 amide bonds. The average molecular weight is 384 g/mol. The van der Waals surface area contributed by atoms with Gasteiger partial charge in [-0.15, -0.1) is 0 Å². The first-order chi connectivity index (χ1) is 11.7. The molecule has 0 bridgehead atoms. The highest BCUT2D eigenvalue weighted by Gasteiger charge is 2.39. The molecule has 1 heterocycles. The van der Waals surface area contributed by atoms with Crippen LogP contribution < -0.4 is 5.32 Å². The van der Waals surface area contributed by atoms with Crippen molar-refractivity contribution in [3.05, 3.63) is 75.8 Å². The molecule has 0 radical (unpaired) electrons. The number of methoxy groups -OCH3 is 1. The number of ether oxygens (including phenoxy) is 1. The summed E-state index contributed by atoms with van der Waals surface area (Å²) < 4.78 is 6.06. The number of allylic oxidation sites excluding steroid dienone is 2. The molecule has 3 atom stereocenters. The van der Waals surface area contributed by atoms with Crippen molar-refractivity contribution in [3.63, 3.8) is 0 Å². The Morgan fingerprint density at radius 3 is 2.75 bits per heavy atom. The van der Waals surface area contributed by atoms with Crippen LogP contribution in [0.5, 0.6) is 0 Å². The van der Waals surface area contributed by atoms with Crippen LogP contribution in [0.25, 0.3) is 0 Å². The first-order valence-electron chi connectivity index (χ1n) is 8.09. The second-order valence-corrected chi connectivity index (χ2v) is 7.11. The number of halogens is 1. The van der Waals surface area contributed by atoms with Crippen LogP contribution in [0.4, 0.5) is 5.69 Å². The Bertz CT molecular complexity index is 830. The number of anilines is 1. The van der Waals surface area contributed by atoms with Gasteiger partial charge in [-0.1, -0.05) is 58.4 Å². The van der Waals surface area contributed by atoms with Crippen LogP contribution in [-0.4, -0.2) is 13.1 Å². The van der Waals surface area contributed by atoms with E-state index < -0.39 is 0 Å². The minimum absolute atomic E-state index is 0.152. The minimum Gasteiger partial charge on any atom is -0.465 e. The molecule has 122 valence electrons. The summed E-state index contributed by atoms with van der Waals surface area (Å²) in [4.78, 5) is 12.2. The summed E-state index contributed by atoms with van der Waals surface area (Å²) >= 11 is 3.68. The minimum atomic E-state index is -0.300. The zero-order valence-electron chi connectivity index (χ0n) is 13.3. The Balaban J connectivity index is 1.85. The molecule has 2 aliphatic rings. The van der Waals surface area contributed by atoms with E-state index in [0.717, 1.165) is 16.6 Å². The van der Waals surface area contributed by atoms with E-state index in [1.54, 1.807) is 0 Å². The van der Waals surface area contributed by atoms with Gasteiger partial charge in [-0.2, -0.15) is 0 Å². The van der Waals surface area contributed by atoms with Crippen molar-refractivity contribution < 1.29 is 9.53 Å². The lowest BCUT2D eigenvalue weighted by Gasteiger charge is -2.38.